The maximum Gasteiger partial charge on any atom is 0.269 e. The summed E-state index contributed by atoms with van der Waals surface area (Å²) in [6.45, 7) is 0. The number of hydrogen-bond acceptors (Lipinski definition) is 4. The van der Waals surface area contributed by atoms with Crippen molar-refractivity contribution in [3.63, 3.8) is 0 Å². The number of nitro groups is 1. The molecule has 0 spiro atoms. The zero-order valence-corrected chi connectivity index (χ0v) is 15.9. The highest BCUT2D eigenvalue weighted by molar-refractivity contribution is 5.96. The fourth-order valence-corrected chi connectivity index (χ4v) is 3.50. The van der Waals surface area contributed by atoms with Crippen molar-refractivity contribution in [1.82, 2.24) is 5.32 Å². The molecule has 0 radical (unpaired) electrons. The van der Waals surface area contributed by atoms with Crippen LogP contribution < -0.4 is 5.32 Å². The number of aromatic hydroxyl groups is 1. The van der Waals surface area contributed by atoms with Crippen LogP contribution in [0.15, 0.2) is 91.0 Å². The van der Waals surface area contributed by atoms with Crippen molar-refractivity contribution in [3.8, 4) is 5.75 Å². The van der Waals surface area contributed by atoms with Crippen LogP contribution in [0.5, 0.6) is 5.75 Å². The molecule has 30 heavy (non-hydrogen) atoms. The summed E-state index contributed by atoms with van der Waals surface area (Å²) < 4.78 is 0. The predicted molar refractivity (Wildman–Crippen MR) is 114 cm³/mol. The summed E-state index contributed by atoms with van der Waals surface area (Å²) >= 11 is 0. The number of rotatable bonds is 5. The lowest BCUT2D eigenvalue weighted by molar-refractivity contribution is -0.384. The van der Waals surface area contributed by atoms with E-state index in [4.69, 9.17) is 0 Å². The maximum atomic E-state index is 12.9. The first-order valence-electron chi connectivity index (χ1n) is 9.35. The van der Waals surface area contributed by atoms with Crippen molar-refractivity contribution >= 4 is 22.4 Å². The number of amides is 1. The van der Waals surface area contributed by atoms with Gasteiger partial charge in [-0.2, -0.15) is 0 Å². The molecular weight excluding hydrogens is 380 g/mol. The molecule has 0 aliphatic heterocycles. The Balaban J connectivity index is 1.85. The minimum Gasteiger partial charge on any atom is -0.508 e. The number of phenolic OH excluding ortho intramolecular Hbond substituents is 1. The fourth-order valence-electron chi connectivity index (χ4n) is 3.50. The number of nitrogens with one attached hydrogen (secondary N) is 1. The van der Waals surface area contributed by atoms with Crippen LogP contribution in [0.2, 0.25) is 0 Å². The van der Waals surface area contributed by atoms with E-state index in [0.29, 0.717) is 16.7 Å². The van der Waals surface area contributed by atoms with E-state index in [-0.39, 0.29) is 17.3 Å². The van der Waals surface area contributed by atoms with Gasteiger partial charge < -0.3 is 10.4 Å². The number of carbonyl (C=O) groups excluding carboxylic acids is 1. The molecule has 2 N–H and O–H groups in total. The van der Waals surface area contributed by atoms with Crippen LogP contribution in [0.25, 0.3) is 10.8 Å². The van der Waals surface area contributed by atoms with Crippen LogP contribution in [-0.2, 0) is 0 Å². The van der Waals surface area contributed by atoms with Gasteiger partial charge in [0.2, 0.25) is 0 Å². The Hall–Kier alpha value is -4.19. The van der Waals surface area contributed by atoms with Crippen LogP contribution in [0, 0.1) is 10.1 Å². The van der Waals surface area contributed by atoms with E-state index in [1.54, 1.807) is 48.5 Å². The third-order valence-electron chi connectivity index (χ3n) is 4.99. The molecule has 0 unspecified atom stereocenters. The zero-order chi connectivity index (χ0) is 21.1. The van der Waals surface area contributed by atoms with E-state index in [1.807, 2.05) is 30.3 Å². The lowest BCUT2D eigenvalue weighted by Crippen LogP contribution is -2.29. The lowest BCUT2D eigenvalue weighted by atomic mass is 9.92. The van der Waals surface area contributed by atoms with Gasteiger partial charge in [-0.05, 0) is 46.7 Å². The van der Waals surface area contributed by atoms with Gasteiger partial charge in [0.05, 0.1) is 11.0 Å². The van der Waals surface area contributed by atoms with Crippen molar-refractivity contribution in [2.75, 3.05) is 0 Å². The average molecular weight is 398 g/mol. The number of fused-ring (bicyclic) bond motifs is 1. The molecule has 1 amide bonds. The molecule has 0 aliphatic rings. The van der Waals surface area contributed by atoms with Crippen LogP contribution >= 0.6 is 0 Å². The Morgan fingerprint density at radius 3 is 2.23 bits per heavy atom. The van der Waals surface area contributed by atoms with Gasteiger partial charge in [-0.25, -0.2) is 0 Å². The number of nitro benzene ring substituents is 1. The fraction of sp³-hybridized carbons (Fsp3) is 0.0417. The second-order valence-electron chi connectivity index (χ2n) is 6.84. The quantitative estimate of drug-likeness (QED) is 0.367. The van der Waals surface area contributed by atoms with Gasteiger partial charge in [0, 0.05) is 23.3 Å². The first kappa shape index (κ1) is 19.1. The van der Waals surface area contributed by atoms with Gasteiger partial charge in [0.15, 0.2) is 0 Å². The van der Waals surface area contributed by atoms with Crippen LogP contribution in [0.3, 0.4) is 0 Å². The van der Waals surface area contributed by atoms with Crippen molar-refractivity contribution in [1.29, 1.82) is 0 Å². The van der Waals surface area contributed by atoms with E-state index in [1.165, 1.54) is 12.1 Å². The summed E-state index contributed by atoms with van der Waals surface area (Å²) in [5.41, 5.74) is 1.58. The number of phenols is 1. The summed E-state index contributed by atoms with van der Waals surface area (Å²) in [6.07, 6.45) is 0. The van der Waals surface area contributed by atoms with Crippen LogP contribution in [-0.4, -0.2) is 15.9 Å². The van der Waals surface area contributed by atoms with Crippen molar-refractivity contribution in [2.45, 2.75) is 6.04 Å². The number of benzene rings is 4. The smallest absolute Gasteiger partial charge is 0.269 e. The van der Waals surface area contributed by atoms with E-state index < -0.39 is 11.0 Å². The van der Waals surface area contributed by atoms with E-state index in [2.05, 4.69) is 5.32 Å². The van der Waals surface area contributed by atoms with E-state index >= 15 is 0 Å². The molecule has 0 aliphatic carbocycles. The Bertz CT molecular complexity index is 1220. The van der Waals surface area contributed by atoms with Gasteiger partial charge in [0.25, 0.3) is 11.6 Å². The minimum atomic E-state index is -0.704. The summed E-state index contributed by atoms with van der Waals surface area (Å²) in [6, 6.07) is 25.0. The Morgan fingerprint density at radius 2 is 1.53 bits per heavy atom. The molecule has 0 saturated heterocycles. The second-order valence-corrected chi connectivity index (χ2v) is 6.84. The monoisotopic (exact) mass is 398 g/mol. The van der Waals surface area contributed by atoms with Crippen LogP contribution in [0.1, 0.15) is 27.5 Å². The van der Waals surface area contributed by atoms with Crippen LogP contribution in [0.4, 0.5) is 5.69 Å². The highest BCUT2D eigenvalue weighted by Crippen LogP contribution is 2.36. The summed E-state index contributed by atoms with van der Waals surface area (Å²) in [7, 11) is 0. The average Bonchev–Trinajstić information content (AvgIpc) is 2.78. The molecular formula is C24H18N2O4. The summed E-state index contributed by atoms with van der Waals surface area (Å²) in [5, 5.41) is 26.4. The Morgan fingerprint density at radius 1 is 0.867 bits per heavy atom. The lowest BCUT2D eigenvalue weighted by Gasteiger charge is -2.22. The van der Waals surface area contributed by atoms with Crippen molar-refractivity contribution in [2.24, 2.45) is 0 Å². The third kappa shape index (κ3) is 3.71. The number of carbonyl (C=O) groups is 1. The molecule has 6 heteroatoms. The van der Waals surface area contributed by atoms with Gasteiger partial charge in [0.1, 0.15) is 5.75 Å². The highest BCUT2D eigenvalue weighted by Gasteiger charge is 2.23. The van der Waals surface area contributed by atoms with Crippen molar-refractivity contribution < 1.29 is 14.8 Å². The molecule has 0 bridgehead atoms. The topological polar surface area (TPSA) is 92.5 Å². The molecule has 148 valence electrons. The normalized spacial score (nSPS) is 11.7. The zero-order valence-electron chi connectivity index (χ0n) is 15.9. The first-order chi connectivity index (χ1) is 14.5. The first-order valence-corrected chi connectivity index (χ1v) is 9.35. The highest BCUT2D eigenvalue weighted by atomic mass is 16.6. The molecule has 0 aromatic heterocycles. The second kappa shape index (κ2) is 8.05. The molecule has 4 rings (SSSR count). The Labute approximate surface area is 172 Å². The molecule has 4 aromatic carbocycles. The molecule has 6 nitrogen and oxygen atoms in total. The largest absolute Gasteiger partial charge is 0.508 e. The molecule has 0 saturated carbocycles. The third-order valence-corrected chi connectivity index (χ3v) is 4.99. The van der Waals surface area contributed by atoms with Gasteiger partial charge >= 0.3 is 0 Å². The summed E-state index contributed by atoms with van der Waals surface area (Å²) in [4.78, 5) is 23.5. The minimum absolute atomic E-state index is 0.0328. The Kier molecular flexibility index (Phi) is 5.13. The standard InChI is InChI=1S/C24H18N2O4/c27-21-15-12-16-6-4-5-9-20(16)22(21)23(17-10-13-19(14-11-17)26(29)30)25-24(28)18-7-2-1-3-8-18/h1-15,23,27H,(H,25,28)/t23-/m1/s1. The number of non-ortho nitro benzene ring substituents is 1. The van der Waals surface area contributed by atoms with E-state index in [9.17, 15) is 20.0 Å². The SMILES string of the molecule is O=C(N[C@H](c1ccc([N+](=O)[O-])cc1)c1c(O)ccc2ccccc12)c1ccccc1. The van der Waals surface area contributed by atoms with Gasteiger partial charge in [-0.1, -0.05) is 48.5 Å². The van der Waals surface area contributed by atoms with Gasteiger partial charge in [-0.15, -0.1) is 0 Å². The molecule has 0 heterocycles. The summed E-state index contributed by atoms with van der Waals surface area (Å²) in [5.74, 6) is -0.281. The molecule has 1 atom stereocenters. The van der Waals surface area contributed by atoms with Crippen molar-refractivity contribution in [3.05, 3.63) is 118 Å². The number of nitrogens with zero attached hydrogens (tertiary/aromatic N) is 1. The maximum absolute atomic E-state index is 12.9. The predicted octanol–water partition coefficient (Wildman–Crippen LogP) is 4.97. The molecule has 4 aromatic rings. The van der Waals surface area contributed by atoms with Gasteiger partial charge in [-0.3, -0.25) is 14.9 Å². The number of hydrogen-bond donors (Lipinski definition) is 2. The molecule has 0 fully saturated rings. The van der Waals surface area contributed by atoms with E-state index in [0.717, 1.165) is 10.8 Å².